The molecule has 0 saturated carbocycles. The van der Waals surface area contributed by atoms with E-state index in [9.17, 15) is 21.9 Å². The fourth-order valence-electron chi connectivity index (χ4n) is 0.733. The maximum Gasteiger partial charge on any atom is 0.385 e. The van der Waals surface area contributed by atoms with Crippen LogP contribution in [0.15, 0.2) is 30.3 Å². The van der Waals surface area contributed by atoms with Crippen LogP contribution in [-0.4, -0.2) is 13.2 Å². The third-order valence-electron chi connectivity index (χ3n) is 1.34. The first-order valence-electron chi connectivity index (χ1n) is 3.34. The van der Waals surface area contributed by atoms with Gasteiger partial charge in [-0.05, 0) is 12.1 Å². The van der Waals surface area contributed by atoms with E-state index >= 15 is 0 Å². The van der Waals surface area contributed by atoms with Crippen molar-refractivity contribution >= 4 is 15.9 Å². The van der Waals surface area contributed by atoms with E-state index in [2.05, 4.69) is 0 Å². The Morgan fingerprint density at radius 3 is 1.93 bits per heavy atom. The van der Waals surface area contributed by atoms with E-state index in [1.807, 2.05) is 0 Å². The summed E-state index contributed by atoms with van der Waals surface area (Å²) in [5.41, 5.74) is -0.493. The average molecular weight is 226 g/mol. The van der Waals surface area contributed by atoms with Gasteiger partial charge in [-0.1, -0.05) is 36.2 Å². The van der Waals surface area contributed by atoms with Crippen molar-refractivity contribution in [2.45, 2.75) is 0 Å². The molecule has 0 amide bonds. The van der Waals surface area contributed by atoms with Gasteiger partial charge in [-0.15, -0.1) is 0 Å². The minimum atomic E-state index is -5.36. The molecule has 0 fully saturated rings. The Hall–Kier alpha value is -1.28. The van der Waals surface area contributed by atoms with Crippen molar-refractivity contribution in [3.8, 4) is 0 Å². The van der Waals surface area contributed by atoms with Crippen LogP contribution < -0.4 is 4.53 Å². The predicted molar refractivity (Wildman–Crippen MR) is 43.0 cm³/mol. The van der Waals surface area contributed by atoms with Gasteiger partial charge in [0.2, 0.25) is 0 Å². The number of para-hydroxylation sites is 1. The van der Waals surface area contributed by atoms with Crippen molar-refractivity contribution in [2.75, 3.05) is 4.53 Å². The predicted octanol–water partition coefficient (Wildman–Crippen LogP) is 1.69. The van der Waals surface area contributed by atoms with Crippen LogP contribution >= 0.6 is 0 Å². The van der Waals surface area contributed by atoms with Crippen LogP contribution in [0.3, 0.4) is 0 Å². The van der Waals surface area contributed by atoms with Crippen molar-refractivity contribution in [2.24, 2.45) is 0 Å². The molecule has 0 bridgehead atoms. The van der Waals surface area contributed by atoms with Gasteiger partial charge in [0.05, 0.1) is 5.69 Å². The molecule has 1 rings (SSSR count). The van der Waals surface area contributed by atoms with Crippen molar-refractivity contribution in [1.82, 2.24) is 4.75 Å². The second kappa shape index (κ2) is 3.84. The Morgan fingerprint density at radius 2 is 1.50 bits per heavy atom. The highest BCUT2D eigenvalue weighted by Crippen LogP contribution is 2.20. The van der Waals surface area contributed by atoms with E-state index in [-0.39, 0.29) is 0 Å². The summed E-state index contributed by atoms with van der Waals surface area (Å²) in [6.45, 7) is 0. The van der Waals surface area contributed by atoms with Crippen molar-refractivity contribution in [3.63, 3.8) is 0 Å². The van der Waals surface area contributed by atoms with Crippen LogP contribution in [0.5, 0.6) is 0 Å². The molecular weight excluding hydrogens is 221 g/mol. The molecule has 0 saturated heterocycles. The molecule has 0 aliphatic carbocycles. The zero-order valence-electron chi connectivity index (χ0n) is 6.64. The van der Waals surface area contributed by atoms with Crippen molar-refractivity contribution in [1.29, 1.82) is 0 Å². The van der Waals surface area contributed by atoms with Gasteiger partial charge < -0.3 is 0 Å². The fourth-order valence-corrected chi connectivity index (χ4v) is 1.23. The van der Waals surface area contributed by atoms with E-state index in [1.165, 1.54) is 18.2 Å². The highest BCUT2D eigenvalue weighted by Gasteiger charge is 2.31. The van der Waals surface area contributed by atoms with Crippen LogP contribution in [0.2, 0.25) is 0 Å². The van der Waals surface area contributed by atoms with E-state index in [1.54, 1.807) is 0 Å². The highest BCUT2D eigenvalue weighted by atomic mass is 32.2. The summed E-state index contributed by atoms with van der Waals surface area (Å²) in [6, 6.07) is 6.21. The summed E-state index contributed by atoms with van der Waals surface area (Å²) in [7, 11) is -5.36. The molecule has 0 radical (unpaired) electrons. The molecule has 78 valence electrons. The summed E-state index contributed by atoms with van der Waals surface area (Å²) in [5.74, 6) is 0. The summed E-state index contributed by atoms with van der Waals surface area (Å²) in [4.78, 5) is 0. The van der Waals surface area contributed by atoms with Gasteiger partial charge in [-0.25, -0.2) is 0 Å². The Bertz CT molecular complexity index is 395. The van der Waals surface area contributed by atoms with Crippen LogP contribution in [0.25, 0.3) is 0 Å². The molecule has 0 N–H and O–H groups in total. The van der Waals surface area contributed by atoms with E-state index < -0.39 is 25.2 Å². The van der Waals surface area contributed by atoms with Crippen molar-refractivity contribution in [3.05, 3.63) is 30.3 Å². The fraction of sp³-hybridized carbons (Fsp3) is 0. The number of hydrogen-bond donors (Lipinski definition) is 0. The lowest BCUT2D eigenvalue weighted by atomic mass is 10.3. The van der Waals surface area contributed by atoms with E-state index in [0.29, 0.717) is 0 Å². The van der Waals surface area contributed by atoms with Crippen LogP contribution in [0.1, 0.15) is 0 Å². The van der Waals surface area contributed by atoms with Gasteiger partial charge in [0.15, 0.2) is 4.75 Å². The standard InChI is InChI=1S/C6H5F3N2O2S/c7-10(14(12,13)11(8)9)6-4-2-1-3-5-6/h1-5H. The Labute approximate surface area is 78.1 Å². The zero-order valence-corrected chi connectivity index (χ0v) is 7.46. The lowest BCUT2D eigenvalue weighted by molar-refractivity contribution is -0.0554. The largest absolute Gasteiger partial charge is 0.385 e. The molecule has 1 aromatic rings. The molecule has 1 aromatic carbocycles. The molecule has 0 aliphatic rings. The first-order chi connectivity index (χ1) is 6.46. The molecule has 0 unspecified atom stereocenters. The number of hydrogen-bond acceptors (Lipinski definition) is 2. The summed E-state index contributed by atoms with van der Waals surface area (Å²) in [5, 5.41) is 0. The molecule has 14 heavy (non-hydrogen) atoms. The number of benzene rings is 1. The molecule has 0 atom stereocenters. The lowest BCUT2D eigenvalue weighted by Crippen LogP contribution is -2.30. The Kier molecular flexibility index (Phi) is 2.96. The summed E-state index contributed by atoms with van der Waals surface area (Å²) >= 11 is 0. The smallest absolute Gasteiger partial charge is 0.181 e. The Morgan fingerprint density at radius 1 is 1.00 bits per heavy atom. The lowest BCUT2D eigenvalue weighted by Gasteiger charge is -2.12. The molecule has 4 nitrogen and oxygen atoms in total. The van der Waals surface area contributed by atoms with Gasteiger partial charge in [0.1, 0.15) is 0 Å². The zero-order chi connectivity index (χ0) is 10.8. The second-order valence-electron chi connectivity index (χ2n) is 2.23. The molecular formula is C6H5F3N2O2S. The molecule has 0 aromatic heterocycles. The van der Waals surface area contributed by atoms with Gasteiger partial charge in [0.25, 0.3) is 0 Å². The van der Waals surface area contributed by atoms with Gasteiger partial charge in [-0.3, -0.25) is 0 Å². The molecule has 8 heteroatoms. The first-order valence-corrected chi connectivity index (χ1v) is 4.74. The Balaban J connectivity index is 3.03. The van der Waals surface area contributed by atoms with E-state index in [4.69, 9.17) is 0 Å². The maximum atomic E-state index is 12.9. The van der Waals surface area contributed by atoms with Crippen LogP contribution in [-0.2, 0) is 10.2 Å². The third-order valence-corrected chi connectivity index (χ3v) is 2.30. The topological polar surface area (TPSA) is 40.6 Å². The maximum absolute atomic E-state index is 12.9. The number of halogens is 3. The van der Waals surface area contributed by atoms with Gasteiger partial charge >= 0.3 is 10.2 Å². The number of nitrogens with zero attached hydrogens (tertiary/aromatic N) is 2. The van der Waals surface area contributed by atoms with E-state index in [0.717, 1.165) is 12.1 Å². The van der Waals surface area contributed by atoms with Crippen LogP contribution in [0.4, 0.5) is 19.1 Å². The van der Waals surface area contributed by atoms with Crippen LogP contribution in [0, 0.1) is 0 Å². The average Bonchev–Trinajstić information content (AvgIpc) is 2.17. The number of anilines is 1. The molecule has 0 spiro atoms. The van der Waals surface area contributed by atoms with Gasteiger partial charge in [0, 0.05) is 0 Å². The number of rotatable bonds is 3. The first kappa shape index (κ1) is 10.8. The third kappa shape index (κ3) is 1.96. The second-order valence-corrected chi connectivity index (χ2v) is 3.72. The minimum Gasteiger partial charge on any atom is -0.181 e. The normalized spacial score (nSPS) is 11.7. The van der Waals surface area contributed by atoms with Crippen molar-refractivity contribution < 1.29 is 21.9 Å². The summed E-state index contributed by atoms with van der Waals surface area (Å²) < 4.78 is 54.2. The SMILES string of the molecule is O=S(=O)(N(F)F)N(F)c1ccccc1. The summed E-state index contributed by atoms with van der Waals surface area (Å²) in [6.07, 6.45) is 0. The van der Waals surface area contributed by atoms with Gasteiger partial charge in [-0.2, -0.15) is 8.42 Å². The molecule has 0 aliphatic heterocycles. The molecule has 0 heterocycles. The highest BCUT2D eigenvalue weighted by molar-refractivity contribution is 7.90. The quantitative estimate of drug-likeness (QED) is 0.736. The monoisotopic (exact) mass is 226 g/mol. The minimum absolute atomic E-state index is 0.493.